The van der Waals surface area contributed by atoms with Crippen LogP contribution in [0, 0.1) is 11.6 Å². The van der Waals surface area contributed by atoms with E-state index in [0.717, 1.165) is 6.07 Å². The molecule has 24 heavy (non-hydrogen) atoms. The monoisotopic (exact) mass is 335 g/mol. The molecule has 2 aromatic carbocycles. The highest BCUT2D eigenvalue weighted by Crippen LogP contribution is 2.26. The average Bonchev–Trinajstić information content (AvgIpc) is 2.59. The van der Waals surface area contributed by atoms with E-state index < -0.39 is 23.1 Å². The summed E-state index contributed by atoms with van der Waals surface area (Å²) in [5.74, 6) is -1.49. The highest BCUT2D eigenvalue weighted by molar-refractivity contribution is 5.94. The number of amides is 1. The Morgan fingerprint density at radius 1 is 1.12 bits per heavy atom. The fourth-order valence-corrected chi connectivity index (χ4v) is 2.33. The number of ether oxygens (including phenoxy) is 2. The molecule has 0 aliphatic heterocycles. The Labute approximate surface area is 139 Å². The summed E-state index contributed by atoms with van der Waals surface area (Å²) < 4.78 is 37.9. The number of carbonyl (C=O) groups excluding carboxylic acids is 1. The lowest BCUT2D eigenvalue weighted by Crippen LogP contribution is -2.40. The molecule has 0 spiro atoms. The van der Waals surface area contributed by atoms with Gasteiger partial charge in [-0.3, -0.25) is 4.79 Å². The average molecular weight is 335 g/mol. The predicted octanol–water partition coefficient (Wildman–Crippen LogP) is 3.27. The number of hydrogen-bond donors (Lipinski definition) is 1. The molecule has 0 radical (unpaired) electrons. The van der Waals surface area contributed by atoms with Gasteiger partial charge >= 0.3 is 0 Å². The lowest BCUT2D eigenvalue weighted by Gasteiger charge is -2.29. The Hall–Kier alpha value is -2.47. The molecule has 0 saturated carbocycles. The molecule has 0 aliphatic rings. The minimum atomic E-state index is -1.05. The quantitative estimate of drug-likeness (QED) is 0.881. The Kier molecular flexibility index (Phi) is 5.51. The molecular formula is C18H19F2NO3. The second-order valence-corrected chi connectivity index (χ2v) is 5.45. The smallest absolute Gasteiger partial charge is 0.251 e. The van der Waals surface area contributed by atoms with E-state index in [9.17, 15) is 13.6 Å². The minimum absolute atomic E-state index is 0.0247. The van der Waals surface area contributed by atoms with Gasteiger partial charge in [-0.25, -0.2) is 8.78 Å². The summed E-state index contributed by atoms with van der Waals surface area (Å²) in [5.41, 5.74) is -0.583. The van der Waals surface area contributed by atoms with Crippen LogP contribution in [0.5, 0.6) is 5.75 Å². The zero-order valence-corrected chi connectivity index (χ0v) is 13.7. The first kappa shape index (κ1) is 17.9. The van der Waals surface area contributed by atoms with E-state index in [-0.39, 0.29) is 17.9 Å². The summed E-state index contributed by atoms with van der Waals surface area (Å²) in [7, 11) is 2.78. The minimum Gasteiger partial charge on any atom is -0.494 e. The van der Waals surface area contributed by atoms with E-state index in [4.69, 9.17) is 9.47 Å². The van der Waals surface area contributed by atoms with E-state index in [1.54, 1.807) is 25.1 Å². The summed E-state index contributed by atoms with van der Waals surface area (Å²) in [5, 5.41) is 2.64. The molecule has 4 nitrogen and oxygen atoms in total. The van der Waals surface area contributed by atoms with E-state index in [1.807, 2.05) is 0 Å². The topological polar surface area (TPSA) is 47.6 Å². The van der Waals surface area contributed by atoms with Crippen LogP contribution in [-0.2, 0) is 10.3 Å². The Balaban J connectivity index is 2.14. The van der Waals surface area contributed by atoms with Gasteiger partial charge in [0, 0.05) is 18.2 Å². The van der Waals surface area contributed by atoms with Gasteiger partial charge < -0.3 is 14.8 Å². The Bertz CT molecular complexity index is 736. The van der Waals surface area contributed by atoms with Crippen LogP contribution in [0.3, 0.4) is 0 Å². The van der Waals surface area contributed by atoms with Gasteiger partial charge in [0.25, 0.3) is 5.91 Å². The largest absolute Gasteiger partial charge is 0.494 e. The van der Waals surface area contributed by atoms with Gasteiger partial charge in [-0.15, -0.1) is 0 Å². The fourth-order valence-electron chi connectivity index (χ4n) is 2.33. The number of benzene rings is 2. The normalized spacial score (nSPS) is 13.2. The van der Waals surface area contributed by atoms with Crippen molar-refractivity contribution in [2.75, 3.05) is 20.8 Å². The van der Waals surface area contributed by atoms with E-state index in [0.29, 0.717) is 5.56 Å². The number of hydrogen-bond acceptors (Lipinski definition) is 3. The molecule has 1 atom stereocenters. The standard InChI is InChI=1S/C18H19F2NO3/c1-18(24-3,13-6-4-5-7-14(13)19)11-21-17(22)12-8-9-16(23-2)15(20)10-12/h4-10H,11H2,1-3H3,(H,21,22). The van der Waals surface area contributed by atoms with Crippen LogP contribution in [0.25, 0.3) is 0 Å². The van der Waals surface area contributed by atoms with Crippen LogP contribution in [0.4, 0.5) is 8.78 Å². The number of methoxy groups -OCH3 is 2. The van der Waals surface area contributed by atoms with Crippen LogP contribution < -0.4 is 10.1 Å². The van der Waals surface area contributed by atoms with Crippen LogP contribution in [-0.4, -0.2) is 26.7 Å². The van der Waals surface area contributed by atoms with Gasteiger partial charge in [0.1, 0.15) is 11.4 Å². The van der Waals surface area contributed by atoms with Gasteiger partial charge in [0.05, 0.1) is 13.7 Å². The second kappa shape index (κ2) is 7.40. The van der Waals surface area contributed by atoms with Crippen molar-refractivity contribution >= 4 is 5.91 Å². The zero-order valence-electron chi connectivity index (χ0n) is 13.7. The zero-order chi connectivity index (χ0) is 17.7. The number of halogens is 2. The maximum atomic E-state index is 14.0. The lowest BCUT2D eigenvalue weighted by molar-refractivity contribution is 0.000386. The van der Waals surface area contributed by atoms with Crippen molar-refractivity contribution in [2.45, 2.75) is 12.5 Å². The highest BCUT2D eigenvalue weighted by atomic mass is 19.1. The van der Waals surface area contributed by atoms with Gasteiger partial charge in [-0.05, 0) is 31.2 Å². The highest BCUT2D eigenvalue weighted by Gasteiger charge is 2.30. The SMILES string of the molecule is COc1ccc(C(=O)NCC(C)(OC)c2ccccc2F)cc1F. The Morgan fingerprint density at radius 2 is 1.83 bits per heavy atom. The molecule has 128 valence electrons. The first-order chi connectivity index (χ1) is 11.4. The lowest BCUT2D eigenvalue weighted by atomic mass is 9.95. The van der Waals surface area contributed by atoms with Crippen LogP contribution in [0.2, 0.25) is 0 Å². The first-order valence-electron chi connectivity index (χ1n) is 7.33. The molecule has 2 rings (SSSR count). The van der Waals surface area contributed by atoms with Crippen molar-refractivity contribution in [3.63, 3.8) is 0 Å². The van der Waals surface area contributed by atoms with Gasteiger partial charge in [-0.1, -0.05) is 18.2 Å². The van der Waals surface area contributed by atoms with Gasteiger partial charge in [0.2, 0.25) is 0 Å². The maximum Gasteiger partial charge on any atom is 0.251 e. The summed E-state index contributed by atoms with van der Waals surface area (Å²) in [6, 6.07) is 10.1. The van der Waals surface area contributed by atoms with Crippen molar-refractivity contribution < 1.29 is 23.0 Å². The fraction of sp³-hybridized carbons (Fsp3) is 0.278. The van der Waals surface area contributed by atoms with Crippen LogP contribution in [0.15, 0.2) is 42.5 Å². The number of rotatable bonds is 6. The molecule has 0 saturated heterocycles. The third kappa shape index (κ3) is 3.71. The summed E-state index contributed by atoms with van der Waals surface area (Å²) in [6.45, 7) is 1.69. The van der Waals surface area contributed by atoms with Crippen molar-refractivity contribution in [1.82, 2.24) is 5.32 Å². The molecule has 0 aromatic heterocycles. The summed E-state index contributed by atoms with van der Waals surface area (Å²) in [6.07, 6.45) is 0. The van der Waals surface area contributed by atoms with E-state index >= 15 is 0 Å². The number of carbonyl (C=O) groups is 1. The molecule has 1 amide bonds. The second-order valence-electron chi connectivity index (χ2n) is 5.45. The molecule has 0 aliphatic carbocycles. The predicted molar refractivity (Wildman–Crippen MR) is 86.0 cm³/mol. The van der Waals surface area contributed by atoms with Gasteiger partial charge in [-0.2, -0.15) is 0 Å². The molecule has 0 fully saturated rings. The number of nitrogens with one attached hydrogen (secondary N) is 1. The van der Waals surface area contributed by atoms with Crippen LogP contribution in [0.1, 0.15) is 22.8 Å². The maximum absolute atomic E-state index is 14.0. The molecule has 0 heterocycles. The van der Waals surface area contributed by atoms with E-state index in [2.05, 4.69) is 5.32 Å². The molecule has 6 heteroatoms. The summed E-state index contributed by atoms with van der Waals surface area (Å²) in [4.78, 5) is 12.2. The molecule has 2 aromatic rings. The first-order valence-corrected chi connectivity index (χ1v) is 7.33. The van der Waals surface area contributed by atoms with Gasteiger partial charge in [0.15, 0.2) is 11.6 Å². The summed E-state index contributed by atoms with van der Waals surface area (Å²) >= 11 is 0. The van der Waals surface area contributed by atoms with Crippen molar-refractivity contribution in [3.8, 4) is 5.75 Å². The molecular weight excluding hydrogens is 316 g/mol. The van der Waals surface area contributed by atoms with Crippen LogP contribution >= 0.6 is 0 Å². The van der Waals surface area contributed by atoms with Crippen molar-refractivity contribution in [3.05, 3.63) is 65.2 Å². The third-order valence-corrected chi connectivity index (χ3v) is 3.89. The van der Waals surface area contributed by atoms with Crippen molar-refractivity contribution in [2.24, 2.45) is 0 Å². The van der Waals surface area contributed by atoms with Crippen molar-refractivity contribution in [1.29, 1.82) is 0 Å². The third-order valence-electron chi connectivity index (χ3n) is 3.89. The molecule has 1 N–H and O–H groups in total. The molecule has 0 bridgehead atoms. The molecule has 1 unspecified atom stereocenters. The Morgan fingerprint density at radius 3 is 2.42 bits per heavy atom. The van der Waals surface area contributed by atoms with E-state index in [1.165, 1.54) is 32.4 Å².